The minimum atomic E-state index is -0.605. The monoisotopic (exact) mass is 270 g/mol. The van der Waals surface area contributed by atoms with Crippen molar-refractivity contribution in [1.82, 2.24) is 4.90 Å². The highest BCUT2D eigenvalue weighted by molar-refractivity contribution is 5.83. The van der Waals surface area contributed by atoms with Crippen LogP contribution in [0.3, 0.4) is 0 Å². The van der Waals surface area contributed by atoms with E-state index >= 15 is 0 Å². The molecule has 1 aromatic heterocycles. The molecule has 1 heterocycles. The zero-order valence-corrected chi connectivity index (χ0v) is 11.2. The Kier molecular flexibility index (Phi) is 3.56. The highest BCUT2D eigenvalue weighted by Gasteiger charge is 2.35. The maximum absolute atomic E-state index is 12.6. The number of hydrogen-bond donors (Lipinski definition) is 1. The first kappa shape index (κ1) is 12.9. The van der Waals surface area contributed by atoms with E-state index in [9.17, 15) is 4.79 Å². The van der Waals surface area contributed by atoms with E-state index in [1.165, 1.54) is 0 Å². The second-order valence-electron chi connectivity index (χ2n) is 5.17. The molecule has 1 atom stereocenters. The molecule has 20 heavy (non-hydrogen) atoms. The van der Waals surface area contributed by atoms with E-state index in [2.05, 4.69) is 0 Å². The van der Waals surface area contributed by atoms with Gasteiger partial charge in [0, 0.05) is 6.04 Å². The maximum atomic E-state index is 12.6. The smallest absolute Gasteiger partial charge is 0.244 e. The van der Waals surface area contributed by atoms with Crippen LogP contribution in [0.25, 0.3) is 0 Å². The van der Waals surface area contributed by atoms with E-state index < -0.39 is 6.04 Å². The molecule has 1 fully saturated rings. The molecule has 0 unspecified atom stereocenters. The molecule has 0 aliphatic heterocycles. The Morgan fingerprint density at radius 1 is 1.25 bits per heavy atom. The van der Waals surface area contributed by atoms with Gasteiger partial charge >= 0.3 is 0 Å². The predicted octanol–water partition coefficient (Wildman–Crippen LogP) is 2.47. The molecule has 1 aromatic carbocycles. The van der Waals surface area contributed by atoms with E-state index in [1.807, 2.05) is 47.4 Å². The van der Waals surface area contributed by atoms with Crippen LogP contribution in [0.5, 0.6) is 0 Å². The molecule has 1 saturated carbocycles. The number of rotatable bonds is 5. The van der Waals surface area contributed by atoms with Gasteiger partial charge in [0.15, 0.2) is 0 Å². The number of hydrogen-bond acceptors (Lipinski definition) is 3. The van der Waals surface area contributed by atoms with Crippen LogP contribution in [-0.4, -0.2) is 16.8 Å². The van der Waals surface area contributed by atoms with Crippen molar-refractivity contribution in [2.75, 3.05) is 0 Å². The summed E-state index contributed by atoms with van der Waals surface area (Å²) in [5, 5.41) is 0. The zero-order chi connectivity index (χ0) is 13.9. The lowest BCUT2D eigenvalue weighted by Crippen LogP contribution is -2.39. The van der Waals surface area contributed by atoms with Gasteiger partial charge in [-0.2, -0.15) is 0 Å². The fourth-order valence-corrected chi connectivity index (χ4v) is 2.33. The van der Waals surface area contributed by atoms with Crippen molar-refractivity contribution in [3.8, 4) is 0 Å². The highest BCUT2D eigenvalue weighted by Crippen LogP contribution is 2.30. The Labute approximate surface area is 118 Å². The van der Waals surface area contributed by atoms with Gasteiger partial charge in [0.1, 0.15) is 11.8 Å². The summed E-state index contributed by atoms with van der Waals surface area (Å²) in [6.07, 6.45) is 3.73. The van der Waals surface area contributed by atoms with Crippen LogP contribution in [0.4, 0.5) is 0 Å². The van der Waals surface area contributed by atoms with E-state index in [4.69, 9.17) is 10.2 Å². The van der Waals surface area contributed by atoms with Crippen molar-refractivity contribution >= 4 is 5.91 Å². The third-order valence-electron chi connectivity index (χ3n) is 3.60. The lowest BCUT2D eigenvalue weighted by atomic mass is 10.1. The summed E-state index contributed by atoms with van der Waals surface area (Å²) in [4.78, 5) is 14.5. The van der Waals surface area contributed by atoms with E-state index in [0.717, 1.165) is 24.2 Å². The average molecular weight is 270 g/mol. The van der Waals surface area contributed by atoms with Crippen LogP contribution in [0.2, 0.25) is 0 Å². The van der Waals surface area contributed by atoms with Gasteiger partial charge in [-0.3, -0.25) is 4.79 Å². The van der Waals surface area contributed by atoms with Gasteiger partial charge in [0.2, 0.25) is 5.91 Å². The molecule has 1 aliphatic rings. The van der Waals surface area contributed by atoms with Crippen molar-refractivity contribution in [3.63, 3.8) is 0 Å². The Morgan fingerprint density at radius 3 is 2.60 bits per heavy atom. The number of amides is 1. The fourth-order valence-electron chi connectivity index (χ4n) is 2.33. The van der Waals surface area contributed by atoms with Crippen LogP contribution in [0.1, 0.15) is 30.2 Å². The van der Waals surface area contributed by atoms with Gasteiger partial charge in [-0.25, -0.2) is 0 Å². The van der Waals surface area contributed by atoms with Crippen molar-refractivity contribution in [1.29, 1.82) is 0 Å². The minimum absolute atomic E-state index is 0.0323. The Balaban J connectivity index is 1.75. The lowest BCUT2D eigenvalue weighted by Gasteiger charge is -2.25. The third kappa shape index (κ3) is 2.75. The van der Waals surface area contributed by atoms with Crippen molar-refractivity contribution in [3.05, 3.63) is 60.1 Å². The van der Waals surface area contributed by atoms with Crippen molar-refractivity contribution in [2.24, 2.45) is 5.73 Å². The fraction of sp³-hybridized carbons (Fsp3) is 0.312. The number of carbonyl (C=O) groups excluding carboxylic acids is 1. The van der Waals surface area contributed by atoms with Gasteiger partial charge < -0.3 is 15.1 Å². The molecule has 2 N–H and O–H groups in total. The summed E-state index contributed by atoms with van der Waals surface area (Å²) in [5.41, 5.74) is 6.96. The molecular weight excluding hydrogens is 252 g/mol. The topological polar surface area (TPSA) is 59.5 Å². The second kappa shape index (κ2) is 5.51. The van der Waals surface area contributed by atoms with Crippen LogP contribution in [-0.2, 0) is 11.3 Å². The second-order valence-corrected chi connectivity index (χ2v) is 5.17. The number of furan rings is 1. The molecule has 0 saturated heterocycles. The van der Waals surface area contributed by atoms with Gasteiger partial charge in [-0.15, -0.1) is 0 Å². The summed E-state index contributed by atoms with van der Waals surface area (Å²) in [6.45, 7) is 0.497. The predicted molar refractivity (Wildman–Crippen MR) is 75.7 cm³/mol. The molecule has 1 amide bonds. The summed E-state index contributed by atoms with van der Waals surface area (Å²) < 4.78 is 5.34. The summed E-state index contributed by atoms with van der Waals surface area (Å²) in [7, 11) is 0. The quantitative estimate of drug-likeness (QED) is 0.908. The molecular formula is C16H18N2O2. The van der Waals surface area contributed by atoms with Crippen LogP contribution in [0.15, 0.2) is 53.1 Å². The molecule has 0 radical (unpaired) electrons. The van der Waals surface area contributed by atoms with Crippen molar-refractivity contribution < 1.29 is 9.21 Å². The molecule has 104 valence electrons. The number of nitrogens with two attached hydrogens (primary N) is 1. The van der Waals surface area contributed by atoms with Gasteiger partial charge in [0.25, 0.3) is 0 Å². The minimum Gasteiger partial charge on any atom is -0.467 e. The van der Waals surface area contributed by atoms with Crippen LogP contribution < -0.4 is 5.73 Å². The number of benzene rings is 1. The van der Waals surface area contributed by atoms with Gasteiger partial charge in [-0.1, -0.05) is 30.3 Å². The summed E-state index contributed by atoms with van der Waals surface area (Å²) in [6, 6.07) is 12.9. The molecule has 1 aliphatic carbocycles. The summed E-state index contributed by atoms with van der Waals surface area (Å²) in [5.74, 6) is 0.764. The maximum Gasteiger partial charge on any atom is 0.244 e. The molecule has 2 aromatic rings. The average Bonchev–Trinajstić information content (AvgIpc) is 3.21. The van der Waals surface area contributed by atoms with Crippen molar-refractivity contribution in [2.45, 2.75) is 31.5 Å². The first-order valence-electron chi connectivity index (χ1n) is 6.89. The van der Waals surface area contributed by atoms with Gasteiger partial charge in [-0.05, 0) is 30.5 Å². The summed E-state index contributed by atoms with van der Waals surface area (Å²) >= 11 is 0. The first-order valence-corrected chi connectivity index (χ1v) is 6.89. The number of nitrogens with zero attached hydrogens (tertiary/aromatic N) is 1. The van der Waals surface area contributed by atoms with Crippen LogP contribution >= 0.6 is 0 Å². The Morgan fingerprint density at radius 2 is 2.00 bits per heavy atom. The van der Waals surface area contributed by atoms with Crippen LogP contribution in [0, 0.1) is 0 Å². The largest absolute Gasteiger partial charge is 0.467 e. The lowest BCUT2D eigenvalue weighted by molar-refractivity contribution is -0.134. The standard InChI is InChI=1S/C16H18N2O2/c17-15(12-5-2-1-3-6-12)16(19)18(13-8-9-13)11-14-7-4-10-20-14/h1-7,10,13,15H,8-9,11,17H2/t15-/m1/s1. The van der Waals surface area contributed by atoms with Gasteiger partial charge in [0.05, 0.1) is 12.8 Å². The normalized spacial score (nSPS) is 15.8. The third-order valence-corrected chi connectivity index (χ3v) is 3.60. The molecule has 3 rings (SSSR count). The highest BCUT2D eigenvalue weighted by atomic mass is 16.3. The van der Waals surface area contributed by atoms with E-state index in [0.29, 0.717) is 12.6 Å². The molecule has 4 nitrogen and oxygen atoms in total. The molecule has 4 heteroatoms. The molecule has 0 bridgehead atoms. The Hall–Kier alpha value is -2.07. The first-order chi connectivity index (χ1) is 9.75. The SMILES string of the molecule is N[C@@H](C(=O)N(Cc1ccco1)C1CC1)c1ccccc1. The van der Waals surface area contributed by atoms with E-state index in [1.54, 1.807) is 6.26 Å². The molecule has 0 spiro atoms. The zero-order valence-electron chi connectivity index (χ0n) is 11.2. The Bertz CT molecular complexity index is 561. The van der Waals surface area contributed by atoms with E-state index in [-0.39, 0.29) is 5.91 Å². The number of carbonyl (C=O) groups is 1.